The molecule has 0 spiro atoms. The summed E-state index contributed by atoms with van der Waals surface area (Å²) < 4.78 is 5.95. The van der Waals surface area contributed by atoms with Crippen LogP contribution >= 0.6 is 0 Å². The second-order valence-corrected chi connectivity index (χ2v) is 15.2. The number of carbonyl (C=O) groups excluding carboxylic acids is 4. The molecule has 3 fully saturated rings. The van der Waals surface area contributed by atoms with Gasteiger partial charge in [0, 0.05) is 17.0 Å². The molecule has 2 N–H and O–H groups in total. The number of phenols is 1. The number of hydrogen-bond acceptors (Lipinski definition) is 8. The van der Waals surface area contributed by atoms with Gasteiger partial charge in [-0.05, 0) is 85.8 Å². The summed E-state index contributed by atoms with van der Waals surface area (Å²) in [5, 5.41) is 12.7. The summed E-state index contributed by atoms with van der Waals surface area (Å²) in [4.78, 5) is 65.0. The zero-order valence-electron chi connectivity index (χ0n) is 30.3. The molecule has 0 radical (unpaired) electrons. The van der Waals surface area contributed by atoms with E-state index in [2.05, 4.69) is 10.4 Å². The van der Waals surface area contributed by atoms with Crippen LogP contribution in [0.4, 0.5) is 11.4 Å². The number of amides is 4. The van der Waals surface area contributed by atoms with Crippen LogP contribution in [0.2, 0.25) is 0 Å². The van der Waals surface area contributed by atoms with Gasteiger partial charge in [0.1, 0.15) is 11.3 Å². The number of oxazole rings is 1. The second-order valence-electron chi connectivity index (χ2n) is 15.2. The summed E-state index contributed by atoms with van der Waals surface area (Å²) in [6.45, 7) is 1.96. The molecule has 56 heavy (non-hydrogen) atoms. The monoisotopic (exact) mass is 740 g/mol. The van der Waals surface area contributed by atoms with Gasteiger partial charge in [0.15, 0.2) is 5.58 Å². The summed E-state index contributed by atoms with van der Waals surface area (Å²) in [7, 11) is 0. The number of phenolic OH excluding ortho intramolecular Hbond substituents is 1. The largest absolute Gasteiger partial charge is 0.508 e. The highest BCUT2D eigenvalue weighted by Gasteiger charge is 2.70. The molecule has 3 heterocycles. The third-order valence-electron chi connectivity index (χ3n) is 12.3. The molecule has 4 amide bonds. The van der Waals surface area contributed by atoms with E-state index in [1.165, 1.54) is 4.90 Å². The first-order valence-electron chi connectivity index (χ1n) is 18.8. The third kappa shape index (κ3) is 4.84. The zero-order valence-corrected chi connectivity index (χ0v) is 30.3. The standard InChI is InChI=1S/C46H36N4O6/c1-26-15-19-29(20-16-26)48-50-43(53)35-25-34-31(40(32-11-5-7-13-37(32)51)46(35,45(50)55)28-9-3-2-4-10-28)23-24-33-39(34)44(54)49(42(33)52)30-21-17-27(18-22-30)41-47-36-12-6-8-14-38(36)56-41/h2-23,33-35,39-40,48,51H,24-25H2,1H3. The maximum Gasteiger partial charge on any atom is 0.260 e. The number of imide groups is 2. The van der Waals surface area contributed by atoms with Crippen molar-refractivity contribution in [2.24, 2.45) is 23.7 Å². The number of nitrogens with one attached hydrogen (secondary N) is 1. The number of carbonyl (C=O) groups is 4. The maximum atomic E-state index is 15.3. The summed E-state index contributed by atoms with van der Waals surface area (Å²) in [5.41, 5.74) is 7.67. The topological polar surface area (TPSA) is 133 Å². The predicted octanol–water partition coefficient (Wildman–Crippen LogP) is 7.70. The van der Waals surface area contributed by atoms with Crippen LogP contribution in [0.25, 0.3) is 22.6 Å². The van der Waals surface area contributed by atoms with Gasteiger partial charge in [0.25, 0.3) is 11.8 Å². The Hall–Kier alpha value is -6.81. The molecule has 5 aromatic carbocycles. The number of aromatic hydroxyl groups is 1. The van der Waals surface area contributed by atoms with E-state index in [0.717, 1.165) is 21.7 Å². The Morgan fingerprint density at radius 3 is 2.23 bits per heavy atom. The molecule has 0 bridgehead atoms. The number of nitrogens with zero attached hydrogens (tertiary/aromatic N) is 3. The van der Waals surface area contributed by atoms with Crippen LogP contribution in [0.3, 0.4) is 0 Å². The van der Waals surface area contributed by atoms with E-state index in [0.29, 0.717) is 39.5 Å². The van der Waals surface area contributed by atoms with Crippen LogP contribution in [0, 0.1) is 30.6 Å². The van der Waals surface area contributed by atoms with Crippen molar-refractivity contribution in [1.29, 1.82) is 0 Å². The number of para-hydroxylation sites is 3. The lowest BCUT2D eigenvalue weighted by Gasteiger charge is -2.50. The molecule has 6 aromatic rings. The number of hydrogen-bond donors (Lipinski definition) is 2. The van der Waals surface area contributed by atoms with Gasteiger partial charge in [0.05, 0.1) is 34.5 Å². The van der Waals surface area contributed by atoms with Crippen LogP contribution in [0.15, 0.2) is 143 Å². The van der Waals surface area contributed by atoms with E-state index in [1.807, 2.05) is 91.9 Å². The summed E-state index contributed by atoms with van der Waals surface area (Å²) in [5.74, 6) is -4.84. The molecule has 6 atom stereocenters. The fourth-order valence-electron chi connectivity index (χ4n) is 9.83. The van der Waals surface area contributed by atoms with Crippen LogP contribution < -0.4 is 10.3 Å². The number of fused-ring (bicyclic) bond motifs is 5. The normalized spacial score (nSPS) is 25.6. The Kier molecular flexibility index (Phi) is 7.61. The highest BCUT2D eigenvalue weighted by atomic mass is 16.3. The number of anilines is 2. The summed E-state index contributed by atoms with van der Waals surface area (Å²) in [6.07, 6.45) is 2.42. The maximum absolute atomic E-state index is 15.3. The molecular formula is C46H36N4O6. The van der Waals surface area contributed by atoms with E-state index in [1.54, 1.807) is 48.5 Å². The van der Waals surface area contributed by atoms with Gasteiger partial charge in [-0.2, -0.15) is 5.01 Å². The Balaban J connectivity index is 1.07. The number of benzene rings is 5. The predicted molar refractivity (Wildman–Crippen MR) is 209 cm³/mol. The molecule has 10 rings (SSSR count). The lowest BCUT2D eigenvalue weighted by molar-refractivity contribution is -0.138. The van der Waals surface area contributed by atoms with E-state index >= 15 is 4.79 Å². The SMILES string of the molecule is Cc1ccc(NN2C(=O)C3CC4C(=CCC5C(=O)N(c6ccc(-c7nc8ccccc8o7)cc6)C(=O)C54)C(c4ccccc4O)C3(c3ccccc3)C2=O)cc1. The smallest absolute Gasteiger partial charge is 0.260 e. The van der Waals surface area contributed by atoms with Crippen molar-refractivity contribution >= 4 is 46.1 Å². The van der Waals surface area contributed by atoms with Gasteiger partial charge in [0.2, 0.25) is 17.7 Å². The average molecular weight is 741 g/mol. The lowest BCUT2D eigenvalue weighted by Crippen LogP contribution is -2.53. The van der Waals surface area contributed by atoms with Crippen LogP contribution in [-0.2, 0) is 24.6 Å². The minimum absolute atomic E-state index is 0.0186. The Bertz CT molecular complexity index is 2580. The van der Waals surface area contributed by atoms with Crippen LogP contribution in [0.5, 0.6) is 5.75 Å². The van der Waals surface area contributed by atoms with Crippen molar-refractivity contribution in [2.75, 3.05) is 10.3 Å². The van der Waals surface area contributed by atoms with Crippen molar-refractivity contribution in [3.05, 3.63) is 156 Å². The first kappa shape index (κ1) is 33.7. The molecular weight excluding hydrogens is 705 g/mol. The molecule has 1 aromatic heterocycles. The highest BCUT2D eigenvalue weighted by molar-refractivity contribution is 6.22. The lowest BCUT2D eigenvalue weighted by atomic mass is 9.49. The first-order chi connectivity index (χ1) is 27.3. The summed E-state index contributed by atoms with van der Waals surface area (Å²) in [6, 6.07) is 38.1. The minimum atomic E-state index is -1.46. The fourth-order valence-corrected chi connectivity index (χ4v) is 9.83. The van der Waals surface area contributed by atoms with E-state index in [4.69, 9.17) is 4.42 Å². The second kappa shape index (κ2) is 12.6. The van der Waals surface area contributed by atoms with Crippen molar-refractivity contribution in [2.45, 2.75) is 31.1 Å². The van der Waals surface area contributed by atoms with Gasteiger partial charge in [-0.3, -0.25) is 29.5 Å². The Morgan fingerprint density at radius 2 is 1.48 bits per heavy atom. The van der Waals surface area contributed by atoms with Gasteiger partial charge >= 0.3 is 0 Å². The fraction of sp³-hybridized carbons (Fsp3) is 0.196. The van der Waals surface area contributed by atoms with E-state index < -0.39 is 46.8 Å². The zero-order chi connectivity index (χ0) is 38.3. The van der Waals surface area contributed by atoms with E-state index in [-0.39, 0.29) is 30.4 Å². The Morgan fingerprint density at radius 1 is 0.768 bits per heavy atom. The average Bonchev–Trinajstić information content (AvgIpc) is 3.84. The van der Waals surface area contributed by atoms with Crippen molar-refractivity contribution < 1.29 is 28.7 Å². The molecule has 2 saturated heterocycles. The molecule has 4 aliphatic rings. The van der Waals surface area contributed by atoms with Gasteiger partial charge in [-0.15, -0.1) is 0 Å². The van der Waals surface area contributed by atoms with Crippen molar-refractivity contribution in [3.63, 3.8) is 0 Å². The number of allylic oxidation sites excluding steroid dienone is 2. The highest BCUT2D eigenvalue weighted by Crippen LogP contribution is 2.65. The molecule has 2 aliphatic carbocycles. The molecule has 10 nitrogen and oxygen atoms in total. The Labute approximate surface area is 322 Å². The molecule has 276 valence electrons. The molecule has 6 unspecified atom stereocenters. The summed E-state index contributed by atoms with van der Waals surface area (Å²) >= 11 is 0. The molecule has 10 heteroatoms. The number of aryl methyl sites for hydroxylation is 1. The first-order valence-corrected chi connectivity index (χ1v) is 18.8. The minimum Gasteiger partial charge on any atom is -0.508 e. The number of hydrazine groups is 1. The van der Waals surface area contributed by atoms with Crippen molar-refractivity contribution in [3.8, 4) is 17.2 Å². The van der Waals surface area contributed by atoms with Gasteiger partial charge < -0.3 is 9.52 Å². The van der Waals surface area contributed by atoms with Crippen molar-refractivity contribution in [1.82, 2.24) is 9.99 Å². The van der Waals surface area contributed by atoms with Crippen LogP contribution in [0.1, 0.15) is 35.4 Å². The quantitative estimate of drug-likeness (QED) is 0.131. The van der Waals surface area contributed by atoms with Gasteiger partial charge in [-0.1, -0.05) is 90.0 Å². The van der Waals surface area contributed by atoms with E-state index in [9.17, 15) is 19.5 Å². The van der Waals surface area contributed by atoms with Crippen LogP contribution in [-0.4, -0.2) is 38.7 Å². The molecule has 2 aliphatic heterocycles. The molecule has 1 saturated carbocycles. The number of aromatic nitrogens is 1. The number of rotatable bonds is 6. The van der Waals surface area contributed by atoms with Gasteiger partial charge in [-0.25, -0.2) is 4.98 Å². The third-order valence-corrected chi connectivity index (χ3v) is 12.3.